The van der Waals surface area contributed by atoms with Crippen LogP contribution in [0.25, 0.3) is 10.1 Å². The maximum Gasteiger partial charge on any atom is 0.319 e. The quantitative estimate of drug-likeness (QED) is 0.554. The summed E-state index contributed by atoms with van der Waals surface area (Å²) in [6.07, 6.45) is 2.31. The summed E-state index contributed by atoms with van der Waals surface area (Å²) in [5, 5.41) is 9.76. The molecule has 8 heteroatoms. The van der Waals surface area contributed by atoms with E-state index in [1.54, 1.807) is 0 Å². The van der Waals surface area contributed by atoms with Crippen LogP contribution in [0.1, 0.15) is 34.5 Å². The molecule has 7 nitrogen and oxygen atoms in total. The van der Waals surface area contributed by atoms with Crippen LogP contribution in [-0.2, 0) is 6.54 Å². The van der Waals surface area contributed by atoms with Crippen LogP contribution in [0.2, 0.25) is 0 Å². The minimum atomic E-state index is -0.269. The number of rotatable bonds is 5. The summed E-state index contributed by atoms with van der Waals surface area (Å²) in [7, 11) is 0. The van der Waals surface area contributed by atoms with E-state index in [0.29, 0.717) is 23.8 Å². The van der Waals surface area contributed by atoms with Gasteiger partial charge < -0.3 is 20.9 Å². The summed E-state index contributed by atoms with van der Waals surface area (Å²) < 4.78 is 5.29. The highest BCUT2D eigenvalue weighted by Crippen LogP contribution is 2.29. The van der Waals surface area contributed by atoms with Crippen molar-refractivity contribution in [3.8, 4) is 0 Å². The molecule has 166 valence electrons. The van der Waals surface area contributed by atoms with Gasteiger partial charge in [0.05, 0.1) is 4.70 Å². The molecule has 0 aliphatic carbocycles. The number of aromatic nitrogens is 1. The SMILES string of the molecule is Cc1ccc(CNC(=O)Nc2ccc3c(C(=O)N[C@H]4CN5CCC4CC5)nsc3c2)cc1. The van der Waals surface area contributed by atoms with E-state index >= 15 is 0 Å². The molecule has 6 rings (SSSR count). The van der Waals surface area contributed by atoms with Crippen LogP contribution >= 0.6 is 11.5 Å². The molecule has 0 unspecified atom stereocenters. The summed E-state index contributed by atoms with van der Waals surface area (Å²) >= 11 is 1.28. The van der Waals surface area contributed by atoms with Crippen molar-refractivity contribution in [2.24, 2.45) is 5.92 Å². The number of carbonyl (C=O) groups excluding carboxylic acids is 2. The van der Waals surface area contributed by atoms with Crippen LogP contribution in [0, 0.1) is 12.8 Å². The maximum atomic E-state index is 12.9. The van der Waals surface area contributed by atoms with Gasteiger partial charge in [0.1, 0.15) is 5.69 Å². The minimum absolute atomic E-state index is 0.105. The van der Waals surface area contributed by atoms with Crippen molar-refractivity contribution in [1.82, 2.24) is 19.9 Å². The van der Waals surface area contributed by atoms with Gasteiger partial charge in [0.2, 0.25) is 0 Å². The van der Waals surface area contributed by atoms with Gasteiger partial charge in [-0.1, -0.05) is 29.8 Å². The Balaban J connectivity index is 1.21. The molecular formula is C24H27N5O2S. The van der Waals surface area contributed by atoms with Gasteiger partial charge in [0, 0.05) is 30.2 Å². The number of fused-ring (bicyclic) bond motifs is 4. The molecule has 2 aromatic carbocycles. The van der Waals surface area contributed by atoms with E-state index in [-0.39, 0.29) is 18.0 Å². The van der Waals surface area contributed by atoms with Gasteiger partial charge in [-0.2, -0.15) is 4.37 Å². The number of nitrogens with one attached hydrogen (secondary N) is 3. The lowest BCUT2D eigenvalue weighted by Gasteiger charge is -2.44. The number of benzene rings is 2. The lowest BCUT2D eigenvalue weighted by atomic mass is 9.84. The molecule has 3 N–H and O–H groups in total. The van der Waals surface area contributed by atoms with Gasteiger partial charge in [-0.25, -0.2) is 4.79 Å². The normalized spacial score (nSPS) is 22.0. The fourth-order valence-electron chi connectivity index (χ4n) is 4.61. The molecule has 4 heterocycles. The second kappa shape index (κ2) is 8.88. The van der Waals surface area contributed by atoms with Gasteiger partial charge in [-0.05, 0) is 74.1 Å². The highest BCUT2D eigenvalue weighted by Gasteiger charge is 2.35. The van der Waals surface area contributed by atoms with Gasteiger partial charge in [0.25, 0.3) is 5.91 Å². The summed E-state index contributed by atoms with van der Waals surface area (Å²) in [5.41, 5.74) is 3.37. The van der Waals surface area contributed by atoms with Gasteiger partial charge in [-0.15, -0.1) is 0 Å². The van der Waals surface area contributed by atoms with E-state index in [9.17, 15) is 9.59 Å². The summed E-state index contributed by atoms with van der Waals surface area (Å²) in [6, 6.07) is 13.5. The highest BCUT2D eigenvalue weighted by atomic mass is 32.1. The molecule has 3 saturated heterocycles. The zero-order chi connectivity index (χ0) is 22.1. The third-order valence-corrected chi connectivity index (χ3v) is 7.30. The van der Waals surface area contributed by atoms with Crippen molar-refractivity contribution in [2.75, 3.05) is 25.0 Å². The van der Waals surface area contributed by atoms with Crippen LogP contribution in [0.3, 0.4) is 0 Å². The van der Waals surface area contributed by atoms with Crippen molar-refractivity contribution in [3.63, 3.8) is 0 Å². The van der Waals surface area contributed by atoms with Crippen LogP contribution in [0.4, 0.5) is 10.5 Å². The number of anilines is 1. The zero-order valence-electron chi connectivity index (χ0n) is 18.1. The smallest absolute Gasteiger partial charge is 0.319 e. The monoisotopic (exact) mass is 449 g/mol. The molecule has 3 aromatic rings. The standard InChI is InChI=1S/C24H27N5O2S/c1-15-2-4-16(5-3-15)13-25-24(31)26-18-6-7-19-21(12-18)32-28-22(19)23(30)27-20-14-29-10-8-17(20)9-11-29/h2-7,12,17,20H,8-11,13-14H2,1H3,(H,27,30)(H2,25,26,31)/t20-/m0/s1. The number of urea groups is 1. The van der Waals surface area contributed by atoms with E-state index in [0.717, 1.165) is 48.1 Å². The third kappa shape index (κ3) is 4.47. The molecule has 3 aliphatic rings. The average Bonchev–Trinajstić information content (AvgIpc) is 3.23. The van der Waals surface area contributed by atoms with Crippen molar-refractivity contribution in [3.05, 3.63) is 59.3 Å². The summed E-state index contributed by atoms with van der Waals surface area (Å²) in [5.74, 6) is 0.467. The molecule has 0 saturated carbocycles. The van der Waals surface area contributed by atoms with E-state index in [4.69, 9.17) is 0 Å². The van der Waals surface area contributed by atoms with E-state index in [2.05, 4.69) is 25.2 Å². The molecule has 0 spiro atoms. The molecule has 1 atom stereocenters. The molecule has 3 aliphatic heterocycles. The van der Waals surface area contributed by atoms with E-state index in [1.807, 2.05) is 49.4 Å². The molecule has 0 radical (unpaired) electrons. The Morgan fingerprint density at radius 1 is 1.12 bits per heavy atom. The number of amides is 3. The first-order chi connectivity index (χ1) is 15.5. The van der Waals surface area contributed by atoms with Crippen molar-refractivity contribution >= 4 is 39.2 Å². The molecule has 32 heavy (non-hydrogen) atoms. The second-order valence-corrected chi connectivity index (χ2v) is 9.56. The fraction of sp³-hybridized carbons (Fsp3) is 0.375. The molecule has 2 bridgehead atoms. The van der Waals surface area contributed by atoms with E-state index in [1.165, 1.54) is 17.1 Å². The zero-order valence-corrected chi connectivity index (χ0v) is 18.9. The second-order valence-electron chi connectivity index (χ2n) is 8.75. The Kier molecular flexibility index (Phi) is 5.80. The maximum absolute atomic E-state index is 12.9. The number of carbonyl (C=O) groups is 2. The molecule has 1 aromatic heterocycles. The average molecular weight is 450 g/mol. The lowest BCUT2D eigenvalue weighted by molar-refractivity contribution is 0.0619. The Hall–Kier alpha value is -2.97. The largest absolute Gasteiger partial charge is 0.346 e. The van der Waals surface area contributed by atoms with Crippen molar-refractivity contribution < 1.29 is 9.59 Å². The number of piperidine rings is 3. The summed E-state index contributed by atoms with van der Waals surface area (Å²) in [6.45, 7) is 5.71. The predicted molar refractivity (Wildman–Crippen MR) is 127 cm³/mol. The number of nitrogens with zero attached hydrogens (tertiary/aromatic N) is 2. The van der Waals surface area contributed by atoms with Gasteiger partial charge in [0.15, 0.2) is 0 Å². The molecule has 3 amide bonds. The van der Waals surface area contributed by atoms with Crippen LogP contribution in [0.15, 0.2) is 42.5 Å². The third-order valence-electron chi connectivity index (χ3n) is 6.49. The number of hydrogen-bond acceptors (Lipinski definition) is 5. The van der Waals surface area contributed by atoms with Crippen LogP contribution < -0.4 is 16.0 Å². The van der Waals surface area contributed by atoms with Gasteiger partial charge in [-0.3, -0.25) is 4.79 Å². The van der Waals surface area contributed by atoms with E-state index < -0.39 is 0 Å². The first-order valence-electron chi connectivity index (χ1n) is 11.1. The molecular weight excluding hydrogens is 422 g/mol. The van der Waals surface area contributed by atoms with Gasteiger partial charge >= 0.3 is 6.03 Å². The number of aryl methyl sites for hydroxylation is 1. The van der Waals surface area contributed by atoms with Crippen molar-refractivity contribution in [1.29, 1.82) is 0 Å². The Labute approximate surface area is 191 Å². The lowest BCUT2D eigenvalue weighted by Crippen LogP contribution is -2.57. The summed E-state index contributed by atoms with van der Waals surface area (Å²) in [4.78, 5) is 27.6. The Bertz CT molecular complexity index is 1140. The van der Waals surface area contributed by atoms with Crippen LogP contribution in [-0.4, -0.2) is 46.9 Å². The van der Waals surface area contributed by atoms with Crippen molar-refractivity contribution in [2.45, 2.75) is 32.4 Å². The minimum Gasteiger partial charge on any atom is -0.346 e. The Morgan fingerprint density at radius 3 is 2.62 bits per heavy atom. The fourth-order valence-corrected chi connectivity index (χ4v) is 5.42. The topological polar surface area (TPSA) is 86.4 Å². The van der Waals surface area contributed by atoms with Crippen LogP contribution in [0.5, 0.6) is 0 Å². The predicted octanol–water partition coefficient (Wildman–Crippen LogP) is 3.75. The first-order valence-corrected chi connectivity index (χ1v) is 11.9. The first kappa shape index (κ1) is 20.9. The molecule has 3 fully saturated rings. The number of hydrogen-bond donors (Lipinski definition) is 3. The highest BCUT2D eigenvalue weighted by molar-refractivity contribution is 7.13. The Morgan fingerprint density at radius 2 is 1.91 bits per heavy atom.